The predicted octanol–water partition coefficient (Wildman–Crippen LogP) is 3.50. The van der Waals surface area contributed by atoms with Crippen LogP contribution >= 0.6 is 0 Å². The molecule has 1 atom stereocenters. The van der Waals surface area contributed by atoms with Crippen LogP contribution in [0, 0.1) is 5.92 Å². The van der Waals surface area contributed by atoms with Gasteiger partial charge in [-0.2, -0.15) is 0 Å². The maximum atomic E-state index is 11.5. The first-order valence-corrected chi connectivity index (χ1v) is 8.40. The zero-order valence-electron chi connectivity index (χ0n) is 14.4. The van der Waals surface area contributed by atoms with Crippen LogP contribution in [0.4, 0.5) is 0 Å². The van der Waals surface area contributed by atoms with E-state index < -0.39 is 0 Å². The molecule has 1 unspecified atom stereocenters. The molecule has 0 N–H and O–H groups in total. The highest BCUT2D eigenvalue weighted by Crippen LogP contribution is 2.08. The van der Waals surface area contributed by atoms with E-state index in [-0.39, 0.29) is 24.8 Å². The van der Waals surface area contributed by atoms with E-state index in [1.807, 2.05) is 0 Å². The maximum Gasteiger partial charge on any atom is 0.306 e. The molecule has 0 aliphatic carbocycles. The van der Waals surface area contributed by atoms with E-state index >= 15 is 0 Å². The average molecular weight is 316 g/mol. The van der Waals surface area contributed by atoms with Gasteiger partial charge >= 0.3 is 11.9 Å². The van der Waals surface area contributed by atoms with Crippen molar-refractivity contribution in [1.82, 2.24) is 0 Å². The Hall–Kier alpha value is -1.10. The van der Waals surface area contributed by atoms with Gasteiger partial charge in [-0.15, -0.1) is 0 Å². The van der Waals surface area contributed by atoms with Crippen molar-refractivity contribution in [1.29, 1.82) is 0 Å². The van der Waals surface area contributed by atoms with Gasteiger partial charge in [0.1, 0.15) is 0 Å². The number of carbonyl (C=O) groups is 2. The molecule has 5 nitrogen and oxygen atoms in total. The standard InChI is InChI=1S/C17H32O5/c1-4-5-6-7-12-21-16(18)8-9-17(19)22-14-11-15(2)10-13-20-3/h15H,4-14H2,1-3H3. The van der Waals surface area contributed by atoms with E-state index in [1.54, 1.807) is 7.11 Å². The van der Waals surface area contributed by atoms with Crippen molar-refractivity contribution in [3.63, 3.8) is 0 Å². The van der Waals surface area contributed by atoms with Crippen LogP contribution in [-0.2, 0) is 23.8 Å². The molecule has 0 aliphatic heterocycles. The van der Waals surface area contributed by atoms with E-state index in [9.17, 15) is 9.59 Å². The largest absolute Gasteiger partial charge is 0.466 e. The number of hydrogen-bond donors (Lipinski definition) is 0. The van der Waals surface area contributed by atoms with Gasteiger partial charge in [-0.25, -0.2) is 0 Å². The fourth-order valence-electron chi connectivity index (χ4n) is 1.90. The van der Waals surface area contributed by atoms with Gasteiger partial charge in [-0.3, -0.25) is 9.59 Å². The fourth-order valence-corrected chi connectivity index (χ4v) is 1.90. The molecule has 130 valence electrons. The highest BCUT2D eigenvalue weighted by molar-refractivity contribution is 5.77. The van der Waals surface area contributed by atoms with Gasteiger partial charge in [0.05, 0.1) is 26.1 Å². The quantitative estimate of drug-likeness (QED) is 0.362. The van der Waals surface area contributed by atoms with Crippen LogP contribution in [0.15, 0.2) is 0 Å². The number of esters is 2. The molecule has 0 heterocycles. The Morgan fingerprint density at radius 1 is 0.864 bits per heavy atom. The summed E-state index contributed by atoms with van der Waals surface area (Å²) < 4.78 is 15.2. The third-order valence-corrected chi connectivity index (χ3v) is 3.48. The topological polar surface area (TPSA) is 61.8 Å². The summed E-state index contributed by atoms with van der Waals surface area (Å²) in [4.78, 5) is 22.9. The lowest BCUT2D eigenvalue weighted by atomic mass is 10.1. The molecule has 0 fully saturated rings. The summed E-state index contributed by atoms with van der Waals surface area (Å²) >= 11 is 0. The molecule has 0 aromatic heterocycles. The summed E-state index contributed by atoms with van der Waals surface area (Å²) in [6.07, 6.45) is 6.26. The third-order valence-electron chi connectivity index (χ3n) is 3.48. The first kappa shape index (κ1) is 20.9. The average Bonchev–Trinajstić information content (AvgIpc) is 2.50. The second-order valence-electron chi connectivity index (χ2n) is 5.68. The van der Waals surface area contributed by atoms with E-state index in [0.29, 0.717) is 19.1 Å². The molecule has 0 aromatic carbocycles. The van der Waals surface area contributed by atoms with Gasteiger partial charge in [0, 0.05) is 13.7 Å². The lowest BCUT2D eigenvalue weighted by molar-refractivity contribution is -0.150. The van der Waals surface area contributed by atoms with E-state index in [1.165, 1.54) is 0 Å². The minimum absolute atomic E-state index is 0.0975. The van der Waals surface area contributed by atoms with Gasteiger partial charge in [0.15, 0.2) is 0 Å². The SMILES string of the molecule is CCCCCCOC(=O)CCC(=O)OCCC(C)CCOC. The van der Waals surface area contributed by atoms with Crippen molar-refractivity contribution in [2.75, 3.05) is 26.9 Å². The van der Waals surface area contributed by atoms with E-state index in [4.69, 9.17) is 14.2 Å². The number of hydrogen-bond acceptors (Lipinski definition) is 5. The van der Waals surface area contributed by atoms with Crippen LogP contribution in [0.25, 0.3) is 0 Å². The highest BCUT2D eigenvalue weighted by Gasteiger charge is 2.10. The smallest absolute Gasteiger partial charge is 0.306 e. The van der Waals surface area contributed by atoms with Crippen molar-refractivity contribution >= 4 is 11.9 Å². The molecular formula is C17H32O5. The van der Waals surface area contributed by atoms with Gasteiger partial charge in [-0.05, 0) is 25.2 Å². The molecule has 0 spiro atoms. The van der Waals surface area contributed by atoms with Crippen LogP contribution < -0.4 is 0 Å². The normalized spacial score (nSPS) is 12.0. The van der Waals surface area contributed by atoms with Gasteiger partial charge in [-0.1, -0.05) is 33.1 Å². The minimum Gasteiger partial charge on any atom is -0.466 e. The highest BCUT2D eigenvalue weighted by atomic mass is 16.5. The summed E-state index contributed by atoms with van der Waals surface area (Å²) in [5.74, 6) is -0.190. The second-order valence-corrected chi connectivity index (χ2v) is 5.68. The predicted molar refractivity (Wildman–Crippen MR) is 85.6 cm³/mol. The van der Waals surface area contributed by atoms with E-state index in [2.05, 4.69) is 13.8 Å². The monoisotopic (exact) mass is 316 g/mol. The van der Waals surface area contributed by atoms with Gasteiger partial charge in [0.2, 0.25) is 0 Å². The molecule has 0 rings (SSSR count). The Labute approximate surface area is 134 Å². The number of rotatable bonds is 14. The Balaban J connectivity index is 3.49. The van der Waals surface area contributed by atoms with Crippen LogP contribution in [0.2, 0.25) is 0 Å². The summed E-state index contributed by atoms with van der Waals surface area (Å²) in [6.45, 7) is 5.80. The first-order valence-electron chi connectivity index (χ1n) is 8.40. The molecule has 0 amide bonds. The number of ether oxygens (including phenoxy) is 3. The molecule has 22 heavy (non-hydrogen) atoms. The molecule has 0 aliphatic rings. The van der Waals surface area contributed by atoms with Crippen molar-refractivity contribution in [2.45, 2.75) is 65.2 Å². The Morgan fingerprint density at radius 2 is 1.45 bits per heavy atom. The first-order chi connectivity index (χ1) is 10.6. The van der Waals surface area contributed by atoms with Gasteiger partial charge < -0.3 is 14.2 Å². The summed E-state index contributed by atoms with van der Waals surface area (Å²) in [5.41, 5.74) is 0. The molecule has 0 saturated heterocycles. The summed E-state index contributed by atoms with van der Waals surface area (Å²) in [6, 6.07) is 0. The molecule has 0 radical (unpaired) electrons. The summed E-state index contributed by atoms with van der Waals surface area (Å²) in [5, 5.41) is 0. The molecule has 5 heteroatoms. The number of carbonyl (C=O) groups excluding carboxylic acids is 2. The van der Waals surface area contributed by atoms with Crippen LogP contribution in [0.5, 0.6) is 0 Å². The lowest BCUT2D eigenvalue weighted by Crippen LogP contribution is -2.13. The molecule has 0 bridgehead atoms. The van der Waals surface area contributed by atoms with Crippen LogP contribution in [0.1, 0.15) is 65.2 Å². The zero-order valence-corrected chi connectivity index (χ0v) is 14.4. The number of methoxy groups -OCH3 is 1. The Kier molecular flexibility index (Phi) is 14.1. The van der Waals surface area contributed by atoms with Crippen molar-refractivity contribution < 1.29 is 23.8 Å². The zero-order chi connectivity index (χ0) is 16.6. The Bertz CT molecular complexity index is 291. The fraction of sp³-hybridized carbons (Fsp3) is 0.882. The molecular weight excluding hydrogens is 284 g/mol. The number of unbranched alkanes of at least 4 members (excludes halogenated alkanes) is 3. The summed E-state index contributed by atoms with van der Waals surface area (Å²) in [7, 11) is 1.68. The molecule has 0 saturated carbocycles. The van der Waals surface area contributed by atoms with Crippen molar-refractivity contribution in [3.8, 4) is 0 Å². The van der Waals surface area contributed by atoms with Crippen molar-refractivity contribution in [2.24, 2.45) is 5.92 Å². The second kappa shape index (κ2) is 14.8. The lowest BCUT2D eigenvalue weighted by Gasteiger charge is -2.11. The Morgan fingerprint density at radius 3 is 2.05 bits per heavy atom. The van der Waals surface area contributed by atoms with Gasteiger partial charge in [0.25, 0.3) is 0 Å². The van der Waals surface area contributed by atoms with Crippen LogP contribution in [-0.4, -0.2) is 38.9 Å². The van der Waals surface area contributed by atoms with Crippen molar-refractivity contribution in [3.05, 3.63) is 0 Å². The third kappa shape index (κ3) is 13.9. The van der Waals surface area contributed by atoms with Crippen LogP contribution in [0.3, 0.4) is 0 Å². The molecule has 0 aromatic rings. The minimum atomic E-state index is -0.332. The maximum absolute atomic E-state index is 11.5. The van der Waals surface area contributed by atoms with E-state index in [0.717, 1.165) is 45.1 Å².